The van der Waals surface area contributed by atoms with Gasteiger partial charge >= 0.3 is 5.97 Å². The fourth-order valence-corrected chi connectivity index (χ4v) is 2.82. The highest BCUT2D eigenvalue weighted by atomic mass is 16.5. The van der Waals surface area contributed by atoms with Crippen LogP contribution in [-0.4, -0.2) is 13.1 Å². The molecule has 0 amide bonds. The summed E-state index contributed by atoms with van der Waals surface area (Å²) in [7, 11) is 1.43. The number of hydrogen-bond donors (Lipinski definition) is 0. The van der Waals surface area contributed by atoms with Crippen LogP contribution in [0.3, 0.4) is 0 Å². The summed E-state index contributed by atoms with van der Waals surface area (Å²) in [6.07, 6.45) is 1.08. The van der Waals surface area contributed by atoms with E-state index in [0.29, 0.717) is 12.8 Å². The number of aryl methyl sites for hydroxylation is 1. The molecule has 0 N–H and O–H groups in total. The van der Waals surface area contributed by atoms with E-state index in [-0.39, 0.29) is 5.97 Å². The lowest BCUT2D eigenvalue weighted by Crippen LogP contribution is -2.02. The Labute approximate surface area is 142 Å². The largest absolute Gasteiger partial charge is 0.469 e. The maximum atomic E-state index is 11.4. The zero-order chi connectivity index (χ0) is 16.8. The second-order valence-corrected chi connectivity index (χ2v) is 5.69. The van der Waals surface area contributed by atoms with Crippen molar-refractivity contribution in [1.29, 1.82) is 0 Å². The molecule has 0 unspecified atom stereocenters. The summed E-state index contributed by atoms with van der Waals surface area (Å²) in [6, 6.07) is 27.1. The molecule has 0 aliphatic carbocycles. The fourth-order valence-electron chi connectivity index (χ4n) is 2.82. The monoisotopic (exact) mass is 316 g/mol. The van der Waals surface area contributed by atoms with Crippen molar-refractivity contribution in [2.75, 3.05) is 7.11 Å². The van der Waals surface area contributed by atoms with E-state index < -0.39 is 0 Å². The molecule has 0 fully saturated rings. The van der Waals surface area contributed by atoms with Crippen LogP contribution in [0.4, 0.5) is 0 Å². The minimum Gasteiger partial charge on any atom is -0.469 e. The summed E-state index contributed by atoms with van der Waals surface area (Å²) in [6.45, 7) is 0. The Balaban J connectivity index is 2.02. The first-order valence-electron chi connectivity index (χ1n) is 8.08. The molecule has 0 aliphatic heterocycles. The van der Waals surface area contributed by atoms with E-state index in [2.05, 4.69) is 54.6 Å². The molecule has 2 nitrogen and oxygen atoms in total. The number of carbonyl (C=O) groups excluding carboxylic acids is 1. The molecule has 120 valence electrons. The van der Waals surface area contributed by atoms with Crippen LogP contribution in [-0.2, 0) is 16.0 Å². The van der Waals surface area contributed by atoms with E-state index in [9.17, 15) is 4.79 Å². The van der Waals surface area contributed by atoms with Crippen molar-refractivity contribution < 1.29 is 9.53 Å². The number of ether oxygens (including phenoxy) is 1. The van der Waals surface area contributed by atoms with Gasteiger partial charge in [0.15, 0.2) is 0 Å². The smallest absolute Gasteiger partial charge is 0.305 e. The van der Waals surface area contributed by atoms with Crippen LogP contribution in [0.5, 0.6) is 0 Å². The summed E-state index contributed by atoms with van der Waals surface area (Å²) >= 11 is 0. The van der Waals surface area contributed by atoms with Crippen molar-refractivity contribution in [1.82, 2.24) is 0 Å². The van der Waals surface area contributed by atoms with E-state index in [0.717, 1.165) is 5.56 Å². The molecule has 0 spiro atoms. The molecule has 24 heavy (non-hydrogen) atoms. The van der Waals surface area contributed by atoms with Gasteiger partial charge in [-0.2, -0.15) is 0 Å². The Morgan fingerprint density at radius 1 is 0.792 bits per heavy atom. The maximum absolute atomic E-state index is 11.4. The van der Waals surface area contributed by atoms with Crippen LogP contribution in [0.2, 0.25) is 0 Å². The maximum Gasteiger partial charge on any atom is 0.305 e. The predicted octanol–water partition coefficient (Wildman–Crippen LogP) is 5.13. The lowest BCUT2D eigenvalue weighted by atomic mass is 9.92. The summed E-state index contributed by atoms with van der Waals surface area (Å²) in [5.41, 5.74) is 5.89. The Morgan fingerprint density at radius 3 is 1.96 bits per heavy atom. The number of esters is 1. The van der Waals surface area contributed by atoms with Crippen molar-refractivity contribution in [2.45, 2.75) is 12.8 Å². The van der Waals surface area contributed by atoms with Gasteiger partial charge in [0, 0.05) is 6.42 Å². The minimum atomic E-state index is -0.177. The first-order valence-corrected chi connectivity index (χ1v) is 8.08. The zero-order valence-electron chi connectivity index (χ0n) is 13.7. The first-order chi connectivity index (χ1) is 11.8. The molecule has 0 atom stereocenters. The Bertz CT molecular complexity index is 808. The second-order valence-electron chi connectivity index (χ2n) is 5.69. The highest BCUT2D eigenvalue weighted by Crippen LogP contribution is 2.33. The SMILES string of the molecule is COC(=O)CCc1ccc(-c2ccccc2)c(-c2ccccc2)c1. The Hall–Kier alpha value is -2.87. The van der Waals surface area contributed by atoms with Crippen LogP contribution in [0.25, 0.3) is 22.3 Å². The number of rotatable bonds is 5. The summed E-state index contributed by atoms with van der Waals surface area (Å²) in [5.74, 6) is -0.177. The van der Waals surface area contributed by atoms with Crippen molar-refractivity contribution in [3.05, 3.63) is 84.4 Å². The Kier molecular flexibility index (Phi) is 5.07. The van der Waals surface area contributed by atoms with Crippen LogP contribution in [0.1, 0.15) is 12.0 Å². The number of benzene rings is 3. The molecule has 3 aromatic rings. The van der Waals surface area contributed by atoms with Gasteiger partial charge in [-0.05, 0) is 34.2 Å². The van der Waals surface area contributed by atoms with Gasteiger partial charge in [-0.25, -0.2) is 0 Å². The second kappa shape index (κ2) is 7.60. The van der Waals surface area contributed by atoms with E-state index in [1.807, 2.05) is 24.3 Å². The lowest BCUT2D eigenvalue weighted by molar-refractivity contribution is -0.140. The van der Waals surface area contributed by atoms with Crippen LogP contribution < -0.4 is 0 Å². The molecule has 0 saturated carbocycles. The third-order valence-electron chi connectivity index (χ3n) is 4.10. The van der Waals surface area contributed by atoms with Gasteiger partial charge in [-0.3, -0.25) is 4.79 Å². The van der Waals surface area contributed by atoms with Gasteiger partial charge in [0.05, 0.1) is 7.11 Å². The molecule has 0 bridgehead atoms. The molecule has 2 heteroatoms. The first kappa shape index (κ1) is 16.0. The highest BCUT2D eigenvalue weighted by Gasteiger charge is 2.09. The molecule has 0 radical (unpaired) electrons. The normalized spacial score (nSPS) is 10.4. The van der Waals surface area contributed by atoms with E-state index in [4.69, 9.17) is 4.74 Å². The minimum absolute atomic E-state index is 0.177. The number of carbonyl (C=O) groups is 1. The van der Waals surface area contributed by atoms with Crippen molar-refractivity contribution in [3.63, 3.8) is 0 Å². The van der Waals surface area contributed by atoms with E-state index >= 15 is 0 Å². The molecule has 3 rings (SSSR count). The van der Waals surface area contributed by atoms with E-state index in [1.165, 1.54) is 29.4 Å². The lowest BCUT2D eigenvalue weighted by Gasteiger charge is -2.13. The van der Waals surface area contributed by atoms with Gasteiger partial charge in [0.2, 0.25) is 0 Å². The Morgan fingerprint density at radius 2 is 1.38 bits per heavy atom. The average molecular weight is 316 g/mol. The number of methoxy groups -OCH3 is 1. The highest BCUT2D eigenvalue weighted by molar-refractivity contribution is 5.84. The summed E-state index contributed by atoms with van der Waals surface area (Å²) in [4.78, 5) is 11.4. The quantitative estimate of drug-likeness (QED) is 0.610. The van der Waals surface area contributed by atoms with Gasteiger partial charge in [0.25, 0.3) is 0 Å². The average Bonchev–Trinajstić information content (AvgIpc) is 2.67. The molecule has 0 aliphatic rings. The van der Waals surface area contributed by atoms with Crippen LogP contribution in [0, 0.1) is 0 Å². The van der Waals surface area contributed by atoms with Gasteiger partial charge in [0.1, 0.15) is 0 Å². The summed E-state index contributed by atoms with van der Waals surface area (Å²) in [5, 5.41) is 0. The van der Waals surface area contributed by atoms with Gasteiger partial charge in [-0.1, -0.05) is 78.9 Å². The predicted molar refractivity (Wildman–Crippen MR) is 97.7 cm³/mol. The topological polar surface area (TPSA) is 26.3 Å². The molecule has 0 aromatic heterocycles. The molecular formula is C22H20O2. The van der Waals surface area contributed by atoms with Crippen molar-refractivity contribution in [3.8, 4) is 22.3 Å². The molecule has 0 heterocycles. The van der Waals surface area contributed by atoms with Crippen molar-refractivity contribution >= 4 is 5.97 Å². The third kappa shape index (κ3) is 3.72. The van der Waals surface area contributed by atoms with Crippen LogP contribution >= 0.6 is 0 Å². The molecular weight excluding hydrogens is 296 g/mol. The molecule has 3 aromatic carbocycles. The van der Waals surface area contributed by atoms with Crippen LogP contribution in [0.15, 0.2) is 78.9 Å². The van der Waals surface area contributed by atoms with E-state index in [1.54, 1.807) is 0 Å². The zero-order valence-corrected chi connectivity index (χ0v) is 13.7. The van der Waals surface area contributed by atoms with Gasteiger partial charge in [-0.15, -0.1) is 0 Å². The van der Waals surface area contributed by atoms with Gasteiger partial charge < -0.3 is 4.74 Å². The standard InChI is InChI=1S/C22H20O2/c1-24-22(23)15-13-17-12-14-20(18-8-4-2-5-9-18)21(16-17)19-10-6-3-7-11-19/h2-12,14,16H,13,15H2,1H3. The van der Waals surface area contributed by atoms with Crippen molar-refractivity contribution in [2.24, 2.45) is 0 Å². The number of hydrogen-bond acceptors (Lipinski definition) is 2. The fraction of sp³-hybridized carbons (Fsp3) is 0.136. The summed E-state index contributed by atoms with van der Waals surface area (Å²) < 4.78 is 4.74. The third-order valence-corrected chi connectivity index (χ3v) is 4.10. The molecule has 0 saturated heterocycles.